The Morgan fingerprint density at radius 3 is 2.40 bits per heavy atom. The van der Waals surface area contributed by atoms with Gasteiger partial charge in [-0.3, -0.25) is 0 Å². The number of hydrogen-bond donors (Lipinski definition) is 0. The maximum Gasteiger partial charge on any atom is 0.182 e. The average molecular weight is 289 g/mol. The van der Waals surface area contributed by atoms with E-state index < -0.39 is 15.7 Å². The number of halogens is 1. The fourth-order valence-electron chi connectivity index (χ4n) is 1.80. The van der Waals surface area contributed by atoms with Gasteiger partial charge in [0.1, 0.15) is 11.9 Å². The molecule has 0 amide bonds. The van der Waals surface area contributed by atoms with Gasteiger partial charge in [-0.2, -0.15) is 5.26 Å². The van der Waals surface area contributed by atoms with Crippen LogP contribution in [0.3, 0.4) is 0 Å². The molecule has 20 heavy (non-hydrogen) atoms. The van der Waals surface area contributed by atoms with Crippen LogP contribution in [0, 0.1) is 24.1 Å². The predicted molar refractivity (Wildman–Crippen MR) is 73.2 cm³/mol. The Bertz CT molecular complexity index is 775. The molecule has 0 atom stereocenters. The monoisotopic (exact) mass is 289 g/mol. The van der Waals surface area contributed by atoms with Crippen LogP contribution in [0.5, 0.6) is 0 Å². The highest BCUT2D eigenvalue weighted by Crippen LogP contribution is 2.18. The van der Waals surface area contributed by atoms with Gasteiger partial charge in [0.25, 0.3) is 0 Å². The lowest BCUT2D eigenvalue weighted by molar-refractivity contribution is 0.594. The molecule has 0 heterocycles. The van der Waals surface area contributed by atoms with Crippen LogP contribution in [0.25, 0.3) is 0 Å². The topological polar surface area (TPSA) is 57.9 Å². The normalized spacial score (nSPS) is 11.1. The van der Waals surface area contributed by atoms with Crippen molar-refractivity contribution in [3.05, 3.63) is 65.0 Å². The summed E-state index contributed by atoms with van der Waals surface area (Å²) in [4.78, 5) is 0.214. The van der Waals surface area contributed by atoms with E-state index in [0.29, 0.717) is 5.56 Å². The van der Waals surface area contributed by atoms with Crippen molar-refractivity contribution in [3.8, 4) is 6.07 Å². The Kier molecular flexibility index (Phi) is 3.86. The van der Waals surface area contributed by atoms with Crippen LogP contribution in [-0.2, 0) is 15.6 Å². The van der Waals surface area contributed by atoms with Gasteiger partial charge in [0.15, 0.2) is 9.84 Å². The number of rotatable bonds is 3. The van der Waals surface area contributed by atoms with Crippen LogP contribution < -0.4 is 0 Å². The van der Waals surface area contributed by atoms with Gasteiger partial charge < -0.3 is 0 Å². The Labute approximate surface area is 117 Å². The van der Waals surface area contributed by atoms with E-state index in [2.05, 4.69) is 0 Å². The minimum atomic E-state index is -3.50. The highest BCUT2D eigenvalue weighted by atomic mass is 32.2. The van der Waals surface area contributed by atoms with Crippen molar-refractivity contribution in [2.45, 2.75) is 17.6 Å². The smallest absolute Gasteiger partial charge is 0.182 e. The molecule has 0 aromatic heterocycles. The minimum absolute atomic E-state index is 0.151. The predicted octanol–water partition coefficient (Wildman–Crippen LogP) is 2.98. The molecule has 0 saturated carbocycles. The van der Waals surface area contributed by atoms with Crippen LogP contribution in [0.15, 0.2) is 47.4 Å². The van der Waals surface area contributed by atoms with E-state index in [1.54, 1.807) is 30.3 Å². The summed E-state index contributed by atoms with van der Waals surface area (Å²) < 4.78 is 37.6. The van der Waals surface area contributed by atoms with Gasteiger partial charge >= 0.3 is 0 Å². The number of aryl methyl sites for hydroxylation is 1. The van der Waals surface area contributed by atoms with E-state index in [0.717, 1.165) is 11.6 Å². The third kappa shape index (κ3) is 3.03. The van der Waals surface area contributed by atoms with Crippen molar-refractivity contribution >= 4 is 9.84 Å². The molecule has 0 fully saturated rings. The number of nitriles is 1. The Balaban J connectivity index is 2.34. The average Bonchev–Trinajstić information content (AvgIpc) is 2.41. The summed E-state index contributed by atoms with van der Waals surface area (Å²) in [6.45, 7) is 1.87. The van der Waals surface area contributed by atoms with E-state index in [1.807, 2.05) is 6.92 Å². The molecule has 0 aliphatic heterocycles. The Morgan fingerprint density at radius 2 is 1.80 bits per heavy atom. The Morgan fingerprint density at radius 1 is 1.15 bits per heavy atom. The fraction of sp³-hybridized carbons (Fsp3) is 0.133. The fourth-order valence-corrected chi connectivity index (χ4v) is 3.13. The van der Waals surface area contributed by atoms with Crippen molar-refractivity contribution in [2.75, 3.05) is 0 Å². The van der Waals surface area contributed by atoms with E-state index in [-0.39, 0.29) is 16.2 Å². The van der Waals surface area contributed by atoms with Crippen molar-refractivity contribution in [1.82, 2.24) is 0 Å². The molecule has 0 aliphatic carbocycles. The van der Waals surface area contributed by atoms with Crippen molar-refractivity contribution in [3.63, 3.8) is 0 Å². The zero-order valence-electron chi connectivity index (χ0n) is 10.8. The van der Waals surface area contributed by atoms with Crippen LogP contribution >= 0.6 is 0 Å². The molecule has 0 radical (unpaired) electrons. The second-order valence-electron chi connectivity index (χ2n) is 4.50. The quantitative estimate of drug-likeness (QED) is 0.872. The summed E-state index contributed by atoms with van der Waals surface area (Å²) in [7, 11) is -3.50. The third-order valence-corrected chi connectivity index (χ3v) is 4.59. The summed E-state index contributed by atoms with van der Waals surface area (Å²) in [5.41, 5.74) is 1.21. The van der Waals surface area contributed by atoms with Crippen LogP contribution in [0.4, 0.5) is 4.39 Å². The number of hydrogen-bond acceptors (Lipinski definition) is 3. The summed E-state index contributed by atoms with van der Waals surface area (Å²) in [6, 6.07) is 12.0. The second kappa shape index (κ2) is 5.43. The van der Waals surface area contributed by atoms with E-state index in [4.69, 9.17) is 5.26 Å². The first kappa shape index (κ1) is 14.2. The van der Waals surface area contributed by atoms with Crippen molar-refractivity contribution in [1.29, 1.82) is 5.26 Å². The van der Waals surface area contributed by atoms with E-state index in [9.17, 15) is 12.8 Å². The molecular weight excluding hydrogens is 277 g/mol. The van der Waals surface area contributed by atoms with Gasteiger partial charge in [0, 0.05) is 0 Å². The molecule has 0 N–H and O–H groups in total. The van der Waals surface area contributed by atoms with Crippen LogP contribution in [-0.4, -0.2) is 8.42 Å². The van der Waals surface area contributed by atoms with Crippen molar-refractivity contribution in [2.24, 2.45) is 0 Å². The van der Waals surface area contributed by atoms with Gasteiger partial charge in [-0.15, -0.1) is 0 Å². The molecule has 0 spiro atoms. The first-order chi connectivity index (χ1) is 9.42. The lowest BCUT2D eigenvalue weighted by Crippen LogP contribution is -2.05. The van der Waals surface area contributed by atoms with E-state index in [1.165, 1.54) is 12.1 Å². The molecule has 0 unspecified atom stereocenters. The lowest BCUT2D eigenvalue weighted by Gasteiger charge is -2.06. The zero-order chi connectivity index (χ0) is 14.8. The van der Waals surface area contributed by atoms with Gasteiger partial charge in [-0.25, -0.2) is 12.8 Å². The molecular formula is C15H12FNO2S. The summed E-state index contributed by atoms with van der Waals surface area (Å²) in [5, 5.41) is 8.75. The van der Waals surface area contributed by atoms with E-state index >= 15 is 0 Å². The summed E-state index contributed by atoms with van der Waals surface area (Å²) in [6.07, 6.45) is 0. The highest BCUT2D eigenvalue weighted by molar-refractivity contribution is 7.90. The van der Waals surface area contributed by atoms with Crippen LogP contribution in [0.2, 0.25) is 0 Å². The number of nitrogens with zero attached hydrogens (tertiary/aromatic N) is 1. The largest absolute Gasteiger partial charge is 0.223 e. The lowest BCUT2D eigenvalue weighted by atomic mass is 10.1. The molecule has 0 bridgehead atoms. The molecule has 102 valence electrons. The second-order valence-corrected chi connectivity index (χ2v) is 6.49. The maximum absolute atomic E-state index is 13.2. The minimum Gasteiger partial charge on any atom is -0.223 e. The molecule has 2 rings (SSSR count). The molecule has 0 aliphatic rings. The molecule has 5 heteroatoms. The summed E-state index contributed by atoms with van der Waals surface area (Å²) >= 11 is 0. The molecule has 3 nitrogen and oxygen atoms in total. The zero-order valence-corrected chi connectivity index (χ0v) is 11.6. The summed E-state index contributed by atoms with van der Waals surface area (Å²) in [5.74, 6) is -0.908. The van der Waals surface area contributed by atoms with Gasteiger partial charge in [-0.05, 0) is 36.8 Å². The van der Waals surface area contributed by atoms with Crippen molar-refractivity contribution < 1.29 is 12.8 Å². The number of benzene rings is 2. The SMILES string of the molecule is Cc1ccc(S(=O)(=O)Cc2ccc(F)c(C#N)c2)cc1. The molecule has 2 aromatic carbocycles. The molecule has 2 aromatic rings. The first-order valence-corrected chi connectivity index (χ1v) is 7.55. The molecule has 0 saturated heterocycles. The first-order valence-electron chi connectivity index (χ1n) is 5.90. The van der Waals surface area contributed by atoms with Gasteiger partial charge in [0.05, 0.1) is 16.2 Å². The maximum atomic E-state index is 13.2. The standard InChI is InChI=1S/C15H12FNO2S/c1-11-2-5-14(6-3-11)20(18,19)10-12-4-7-15(16)13(8-12)9-17/h2-8H,10H2,1H3. The van der Waals surface area contributed by atoms with Gasteiger partial charge in [-0.1, -0.05) is 23.8 Å². The van der Waals surface area contributed by atoms with Gasteiger partial charge in [0.2, 0.25) is 0 Å². The van der Waals surface area contributed by atoms with Crippen LogP contribution in [0.1, 0.15) is 16.7 Å². The third-order valence-electron chi connectivity index (χ3n) is 2.89. The highest BCUT2D eigenvalue weighted by Gasteiger charge is 2.16. The Hall–Kier alpha value is -2.19. The number of sulfone groups is 1.